The molecule has 0 aliphatic heterocycles. The molecule has 0 spiro atoms. The maximum Gasteiger partial charge on any atom is 0.341 e. The number of aryl methyl sites for hydroxylation is 2. The molecule has 0 saturated carbocycles. The molecular formula is C26H22N2O10. The Morgan fingerprint density at radius 2 is 0.947 bits per heavy atom. The number of carboxylic acid groups (broad SMARTS) is 2. The third-order valence-electron chi connectivity index (χ3n) is 5.29. The van der Waals surface area contributed by atoms with Crippen molar-refractivity contribution in [3.8, 4) is 22.6 Å². The second-order valence-electron chi connectivity index (χ2n) is 7.69. The Hall–Kier alpha value is -5.26. The average molecular weight is 522 g/mol. The van der Waals surface area contributed by atoms with Gasteiger partial charge in [0.1, 0.15) is 11.1 Å². The van der Waals surface area contributed by atoms with Crippen LogP contribution in [0.25, 0.3) is 22.6 Å². The molecule has 2 heterocycles. The lowest BCUT2D eigenvalue weighted by molar-refractivity contribution is 0.0592. The summed E-state index contributed by atoms with van der Waals surface area (Å²) in [5.74, 6) is -2.79. The second kappa shape index (κ2) is 11.6. The van der Waals surface area contributed by atoms with Crippen LogP contribution in [0.15, 0.2) is 57.6 Å². The highest BCUT2D eigenvalue weighted by atomic mass is 16.5. The summed E-state index contributed by atoms with van der Waals surface area (Å²) < 4.78 is 19.2. The molecule has 0 bridgehead atoms. The lowest BCUT2D eigenvalue weighted by Crippen LogP contribution is -2.01. The average Bonchev–Trinajstić information content (AvgIpc) is 3.51. The molecule has 2 aromatic carbocycles. The fourth-order valence-corrected chi connectivity index (χ4v) is 3.39. The number of aromatic nitrogens is 2. The highest BCUT2D eigenvalue weighted by Crippen LogP contribution is 2.27. The maximum atomic E-state index is 11.3. The third-order valence-corrected chi connectivity index (χ3v) is 5.29. The minimum Gasteiger partial charge on any atom is -0.477 e. The fraction of sp³-hybridized carbons (Fsp3) is 0.154. The molecule has 0 unspecified atom stereocenters. The number of hydrogen-bond acceptors (Lipinski definition) is 10. The molecule has 4 aromatic rings. The summed E-state index contributed by atoms with van der Waals surface area (Å²) in [5, 5.41) is 25.5. The van der Waals surface area contributed by atoms with Gasteiger partial charge in [-0.2, -0.15) is 0 Å². The van der Waals surface area contributed by atoms with Crippen LogP contribution in [0.3, 0.4) is 0 Å². The lowest BCUT2D eigenvalue weighted by Gasteiger charge is -2.01. The monoisotopic (exact) mass is 522 g/mol. The van der Waals surface area contributed by atoms with Gasteiger partial charge in [0.25, 0.3) is 0 Å². The number of carbonyl (C=O) groups excluding carboxylic acids is 2. The molecule has 0 fully saturated rings. The second-order valence-corrected chi connectivity index (χ2v) is 7.69. The van der Waals surface area contributed by atoms with Crippen molar-refractivity contribution in [2.45, 2.75) is 13.8 Å². The van der Waals surface area contributed by atoms with Crippen LogP contribution >= 0.6 is 0 Å². The van der Waals surface area contributed by atoms with Gasteiger partial charge in [0.05, 0.1) is 36.7 Å². The van der Waals surface area contributed by atoms with Crippen LogP contribution in [0.1, 0.15) is 52.8 Å². The van der Waals surface area contributed by atoms with Crippen molar-refractivity contribution in [1.29, 1.82) is 0 Å². The zero-order valence-corrected chi connectivity index (χ0v) is 20.7. The maximum absolute atomic E-state index is 11.3. The summed E-state index contributed by atoms with van der Waals surface area (Å²) >= 11 is 0. The van der Waals surface area contributed by atoms with Crippen LogP contribution in [0.2, 0.25) is 0 Å². The Kier molecular flexibility index (Phi) is 8.38. The molecule has 0 aliphatic carbocycles. The van der Waals surface area contributed by atoms with Gasteiger partial charge >= 0.3 is 23.9 Å². The van der Waals surface area contributed by atoms with Crippen LogP contribution in [-0.4, -0.2) is 58.6 Å². The van der Waals surface area contributed by atoms with E-state index in [1.165, 1.54) is 38.5 Å². The Balaban J connectivity index is 0.000000211. The summed E-state index contributed by atoms with van der Waals surface area (Å²) in [6, 6.07) is 12.5. The highest BCUT2D eigenvalue weighted by molar-refractivity contribution is 5.97. The number of methoxy groups -OCH3 is 2. The minimum atomic E-state index is -1.11. The molecule has 0 saturated heterocycles. The molecule has 0 amide bonds. The van der Waals surface area contributed by atoms with Gasteiger partial charge in [0.15, 0.2) is 11.5 Å². The van der Waals surface area contributed by atoms with Gasteiger partial charge in [-0.05, 0) is 38.1 Å². The van der Waals surface area contributed by atoms with Crippen molar-refractivity contribution in [3.63, 3.8) is 0 Å². The van der Waals surface area contributed by atoms with E-state index in [4.69, 9.17) is 19.3 Å². The number of carbonyl (C=O) groups is 4. The van der Waals surface area contributed by atoms with Crippen LogP contribution in [0, 0.1) is 13.8 Å². The largest absolute Gasteiger partial charge is 0.477 e. The zero-order valence-electron chi connectivity index (χ0n) is 20.7. The lowest BCUT2D eigenvalue weighted by atomic mass is 10.1. The van der Waals surface area contributed by atoms with Crippen molar-refractivity contribution in [1.82, 2.24) is 10.3 Å². The minimum absolute atomic E-state index is 0.0193. The fourth-order valence-electron chi connectivity index (χ4n) is 3.39. The van der Waals surface area contributed by atoms with Gasteiger partial charge in [-0.3, -0.25) is 0 Å². The standard InChI is InChI=1S/2C13H11NO5/c2*1-7-10(12(15)16)11(19-14-7)8-3-5-9(6-4-8)13(17)18-2/h2*3-6H,1-2H3,(H,15,16). The molecule has 4 rings (SSSR count). The summed E-state index contributed by atoms with van der Waals surface area (Å²) in [4.78, 5) is 44.8. The Labute approximate surface area is 215 Å². The van der Waals surface area contributed by atoms with Crippen LogP contribution < -0.4 is 0 Å². The van der Waals surface area contributed by atoms with Crippen molar-refractivity contribution in [2.75, 3.05) is 14.2 Å². The number of ether oxygens (including phenoxy) is 2. The normalized spacial score (nSPS) is 10.2. The van der Waals surface area contributed by atoms with Gasteiger partial charge in [0.2, 0.25) is 0 Å². The first kappa shape index (κ1) is 27.3. The summed E-state index contributed by atoms with van der Waals surface area (Å²) in [6.07, 6.45) is 0. The van der Waals surface area contributed by atoms with E-state index in [1.54, 1.807) is 38.1 Å². The van der Waals surface area contributed by atoms with Crippen molar-refractivity contribution < 1.29 is 47.9 Å². The molecule has 2 N–H and O–H groups in total. The molecule has 0 aliphatic rings. The van der Waals surface area contributed by atoms with E-state index in [2.05, 4.69) is 19.8 Å². The number of hydrogen-bond donors (Lipinski definition) is 2. The SMILES string of the molecule is COC(=O)c1ccc(-c2onc(C)c2C(=O)O)cc1.COC(=O)c1ccc(-c2onc(C)c2C(=O)O)cc1. The molecule has 0 atom stereocenters. The molecule has 12 nitrogen and oxygen atoms in total. The topological polar surface area (TPSA) is 179 Å². The number of carboxylic acids is 2. The molecule has 12 heteroatoms. The third kappa shape index (κ3) is 5.75. The number of esters is 2. The molecule has 2 aromatic heterocycles. The number of aromatic carboxylic acids is 2. The summed E-state index contributed by atoms with van der Waals surface area (Å²) in [5.41, 5.74) is 2.46. The van der Waals surface area contributed by atoms with E-state index >= 15 is 0 Å². The Bertz CT molecular complexity index is 1370. The van der Waals surface area contributed by atoms with E-state index in [9.17, 15) is 19.2 Å². The predicted molar refractivity (Wildman–Crippen MR) is 130 cm³/mol. The number of benzene rings is 2. The highest BCUT2D eigenvalue weighted by Gasteiger charge is 2.22. The van der Waals surface area contributed by atoms with Gasteiger partial charge in [-0.1, -0.05) is 34.6 Å². The zero-order chi connectivity index (χ0) is 28.0. The van der Waals surface area contributed by atoms with Crippen LogP contribution in [-0.2, 0) is 9.47 Å². The van der Waals surface area contributed by atoms with E-state index in [1.807, 2.05) is 0 Å². The molecule has 0 radical (unpaired) electrons. The van der Waals surface area contributed by atoms with Gasteiger partial charge in [-0.15, -0.1) is 0 Å². The van der Waals surface area contributed by atoms with E-state index in [0.29, 0.717) is 33.6 Å². The van der Waals surface area contributed by atoms with E-state index < -0.39 is 23.9 Å². The van der Waals surface area contributed by atoms with Crippen molar-refractivity contribution in [2.24, 2.45) is 0 Å². The quantitative estimate of drug-likeness (QED) is 0.344. The number of nitrogens with zero attached hydrogens (tertiary/aromatic N) is 2. The van der Waals surface area contributed by atoms with Gasteiger partial charge in [0, 0.05) is 11.1 Å². The molecular weight excluding hydrogens is 500 g/mol. The van der Waals surface area contributed by atoms with E-state index in [0.717, 1.165) is 0 Å². The Morgan fingerprint density at radius 3 is 1.21 bits per heavy atom. The van der Waals surface area contributed by atoms with Gasteiger partial charge in [-0.25, -0.2) is 19.2 Å². The summed E-state index contributed by atoms with van der Waals surface area (Å²) in [7, 11) is 2.58. The van der Waals surface area contributed by atoms with Crippen LogP contribution in [0.4, 0.5) is 0 Å². The first-order valence-corrected chi connectivity index (χ1v) is 10.9. The first-order chi connectivity index (χ1) is 18.1. The molecule has 196 valence electrons. The first-order valence-electron chi connectivity index (χ1n) is 10.9. The smallest absolute Gasteiger partial charge is 0.341 e. The number of rotatable bonds is 6. The van der Waals surface area contributed by atoms with Crippen molar-refractivity contribution >= 4 is 23.9 Å². The van der Waals surface area contributed by atoms with Crippen LogP contribution in [0.5, 0.6) is 0 Å². The van der Waals surface area contributed by atoms with E-state index in [-0.39, 0.29) is 22.6 Å². The summed E-state index contributed by atoms with van der Waals surface area (Å²) in [6.45, 7) is 3.11. The van der Waals surface area contributed by atoms with Crippen molar-refractivity contribution in [3.05, 3.63) is 82.2 Å². The Morgan fingerprint density at radius 1 is 0.632 bits per heavy atom. The predicted octanol–water partition coefficient (Wildman–Crippen LogP) is 4.27. The molecule has 38 heavy (non-hydrogen) atoms. The van der Waals surface area contributed by atoms with Gasteiger partial charge < -0.3 is 28.7 Å².